The zero-order chi connectivity index (χ0) is 34.3. The first-order valence-electron chi connectivity index (χ1n) is 15.7. The molecule has 0 saturated carbocycles. The highest BCUT2D eigenvalue weighted by Gasteiger charge is 2.58. The van der Waals surface area contributed by atoms with Crippen LogP contribution in [0, 0.1) is 0 Å². The second-order valence-electron chi connectivity index (χ2n) is 13.6. The lowest BCUT2D eigenvalue weighted by Gasteiger charge is -2.45. The maximum atomic E-state index is 14.3. The Hall–Kier alpha value is -3.40. The predicted octanol–water partition coefficient (Wildman–Crippen LogP) is 7.36. The van der Waals surface area contributed by atoms with Crippen molar-refractivity contribution in [1.29, 1.82) is 0 Å². The first kappa shape index (κ1) is 37.1. The fourth-order valence-corrected chi connectivity index (χ4v) is 8.53. The molecule has 0 bridgehead atoms. The lowest BCUT2D eigenvalue weighted by Crippen LogP contribution is -2.54. The number of carboxylic acid groups (broad SMARTS) is 1. The van der Waals surface area contributed by atoms with E-state index in [1.54, 1.807) is 60.6 Å². The van der Waals surface area contributed by atoms with Crippen molar-refractivity contribution in [3.63, 3.8) is 0 Å². The third-order valence-corrected chi connectivity index (χ3v) is 10.9. The minimum Gasteiger partial charge on any atom is -0.508 e. The van der Waals surface area contributed by atoms with Crippen LogP contribution in [-0.2, 0) is 29.9 Å². The summed E-state index contributed by atoms with van der Waals surface area (Å²) < 4.78 is 30.9. The maximum absolute atomic E-state index is 14.3. The Balaban J connectivity index is 1.84. The molecule has 12 heteroatoms. The molecule has 1 saturated heterocycles. The minimum atomic E-state index is -3.67. The Labute approximate surface area is 272 Å². The van der Waals surface area contributed by atoms with Gasteiger partial charge in [-0.15, -0.1) is 0 Å². The molecule has 2 aromatic rings. The molecule has 1 fully saturated rings. The van der Waals surface area contributed by atoms with Gasteiger partial charge in [0.15, 0.2) is 5.16 Å². The number of hydrogen-bond donors (Lipinski definition) is 2. The minimum absolute atomic E-state index is 0.00765. The van der Waals surface area contributed by atoms with Crippen molar-refractivity contribution in [1.82, 2.24) is 9.80 Å². The Bertz CT molecular complexity index is 1390. The van der Waals surface area contributed by atoms with E-state index in [0.717, 1.165) is 21.6 Å². The van der Waals surface area contributed by atoms with Crippen molar-refractivity contribution in [2.75, 3.05) is 32.4 Å². The van der Waals surface area contributed by atoms with Gasteiger partial charge in [0.25, 0.3) is 0 Å². The Morgan fingerprint density at radius 3 is 2.11 bits per heavy atom. The summed E-state index contributed by atoms with van der Waals surface area (Å²) >= 11 is 0. The first-order valence-corrected chi connectivity index (χ1v) is 17.5. The molecule has 2 atom stereocenters. The molecule has 1 aliphatic heterocycles. The van der Waals surface area contributed by atoms with Gasteiger partial charge in [0.2, 0.25) is 7.37 Å². The molecule has 46 heavy (non-hydrogen) atoms. The molecule has 2 aromatic carbocycles. The van der Waals surface area contributed by atoms with Crippen molar-refractivity contribution < 1.29 is 43.2 Å². The third kappa shape index (κ3) is 9.56. The van der Waals surface area contributed by atoms with Crippen LogP contribution in [0.1, 0.15) is 73.3 Å². The Kier molecular flexibility index (Phi) is 12.1. The molecule has 0 aromatic heterocycles. The fraction of sp³-hybridized carbons (Fsp3) is 0.559. The number of imide groups is 1. The van der Waals surface area contributed by atoms with Gasteiger partial charge in [-0.25, -0.2) is 14.5 Å². The smallest absolute Gasteiger partial charge is 0.419 e. The van der Waals surface area contributed by atoms with E-state index in [1.807, 2.05) is 41.3 Å². The van der Waals surface area contributed by atoms with Crippen LogP contribution in [0.2, 0.25) is 0 Å². The molecule has 254 valence electrons. The molecule has 0 radical (unpaired) electrons. The van der Waals surface area contributed by atoms with Crippen molar-refractivity contribution >= 4 is 25.5 Å². The number of carbonyl (C=O) groups is 3. The molecule has 11 nitrogen and oxygen atoms in total. The van der Waals surface area contributed by atoms with E-state index < -0.39 is 41.9 Å². The maximum Gasteiger partial charge on any atom is 0.419 e. The number of nitrogens with zero attached hydrogens (tertiary/aromatic N) is 2. The topological polar surface area (TPSA) is 143 Å². The highest BCUT2D eigenvalue weighted by Crippen LogP contribution is 2.63. The Morgan fingerprint density at radius 2 is 1.57 bits per heavy atom. The van der Waals surface area contributed by atoms with Crippen molar-refractivity contribution in [2.45, 2.75) is 90.6 Å². The number of rotatable bonds is 11. The van der Waals surface area contributed by atoms with Gasteiger partial charge in [-0.1, -0.05) is 36.4 Å². The van der Waals surface area contributed by atoms with E-state index in [4.69, 9.17) is 14.0 Å². The zero-order valence-corrected chi connectivity index (χ0v) is 29.0. The number of aromatic hydroxyl groups is 1. The number of hydrogen-bond acceptors (Lipinski definition) is 9. The summed E-state index contributed by atoms with van der Waals surface area (Å²) in [7, 11) is -3.67. The number of unbranched alkanes of at least 4 members (excludes halogenated alkanes) is 1. The van der Waals surface area contributed by atoms with Crippen LogP contribution in [0.3, 0.4) is 0 Å². The van der Waals surface area contributed by atoms with Crippen LogP contribution in [0.5, 0.6) is 5.75 Å². The number of carbonyl (C=O) groups excluding carboxylic acids is 2. The summed E-state index contributed by atoms with van der Waals surface area (Å²) in [5, 5.41) is 19.2. The molecule has 1 aliphatic rings. The molecular formula is C34H49N2O9P. The van der Waals surface area contributed by atoms with Crippen molar-refractivity contribution in [3.05, 3.63) is 54.1 Å². The van der Waals surface area contributed by atoms with Crippen molar-refractivity contribution in [3.8, 4) is 16.9 Å². The summed E-state index contributed by atoms with van der Waals surface area (Å²) in [4.78, 5) is 41.8. The average molecular weight is 661 g/mol. The standard InChI is InChI=1S/C34H49N2O9P/c1-8-43-46(42)21-20-35(23-26-16-17-27(37)22-28(26)25-14-10-9-11-15-25)24-34(46,29(38)39)18-12-13-19-36(30(40)44-32(2,3)4)31(41)45-33(5,6)7/h9-11,14-17,22,37H,8,12-13,18-21,23-24H2,1-7H3,(H,38,39). The molecule has 2 unspecified atom stereocenters. The SMILES string of the molecule is CCOP1(=O)CCN(Cc2ccc(O)cc2-c2ccccc2)CC1(CCCCN(C(=O)OC(C)(C)C)C(=O)OC(C)(C)C)C(=O)O. The third-order valence-electron chi connectivity index (χ3n) is 7.61. The van der Waals surface area contributed by atoms with E-state index in [-0.39, 0.29) is 50.9 Å². The number of ether oxygens (including phenoxy) is 2. The van der Waals surface area contributed by atoms with Gasteiger partial charge in [0, 0.05) is 32.3 Å². The fourth-order valence-electron chi connectivity index (χ4n) is 5.55. The Morgan fingerprint density at radius 1 is 0.957 bits per heavy atom. The summed E-state index contributed by atoms with van der Waals surface area (Å²) in [6.07, 6.45) is -1.17. The largest absolute Gasteiger partial charge is 0.508 e. The second-order valence-corrected chi connectivity index (χ2v) is 16.5. The van der Waals surface area contributed by atoms with Gasteiger partial charge in [-0.05, 0) is 96.6 Å². The lowest BCUT2D eigenvalue weighted by atomic mass is 9.97. The van der Waals surface area contributed by atoms with Crippen molar-refractivity contribution in [2.24, 2.45) is 0 Å². The van der Waals surface area contributed by atoms with Crippen LogP contribution in [-0.4, -0.2) is 86.9 Å². The van der Waals surface area contributed by atoms with Gasteiger partial charge in [0.1, 0.15) is 17.0 Å². The van der Waals surface area contributed by atoms with E-state index in [9.17, 15) is 29.2 Å². The van der Waals surface area contributed by atoms with Gasteiger partial charge in [-0.2, -0.15) is 0 Å². The summed E-state index contributed by atoms with van der Waals surface area (Å²) in [5.41, 5.74) is 0.928. The normalized spacial score (nSPS) is 20.6. The highest BCUT2D eigenvalue weighted by atomic mass is 31.2. The van der Waals surface area contributed by atoms with Crippen LogP contribution < -0.4 is 0 Å². The number of phenolic OH excluding ortho intramolecular Hbond substituents is 1. The van der Waals surface area contributed by atoms with Crippen LogP contribution in [0.4, 0.5) is 9.59 Å². The second kappa shape index (κ2) is 15.0. The molecule has 0 aliphatic carbocycles. The predicted molar refractivity (Wildman–Crippen MR) is 176 cm³/mol. The number of amides is 2. The van der Waals surface area contributed by atoms with E-state index in [1.165, 1.54) is 0 Å². The average Bonchev–Trinajstić information content (AvgIpc) is 2.94. The number of carboxylic acids is 1. The van der Waals surface area contributed by atoms with Gasteiger partial charge < -0.3 is 24.2 Å². The quantitative estimate of drug-likeness (QED) is 0.185. The molecule has 3 rings (SSSR count). The molecule has 2 N–H and O–H groups in total. The zero-order valence-electron chi connectivity index (χ0n) is 28.1. The van der Waals surface area contributed by atoms with Gasteiger partial charge in [0.05, 0.1) is 6.61 Å². The highest BCUT2D eigenvalue weighted by molar-refractivity contribution is 7.62. The number of aliphatic carboxylic acids is 1. The number of benzene rings is 2. The van der Waals surface area contributed by atoms with E-state index >= 15 is 0 Å². The van der Waals surface area contributed by atoms with Gasteiger partial charge >= 0.3 is 18.2 Å². The molecule has 2 amide bonds. The van der Waals surface area contributed by atoms with Crippen LogP contribution in [0.25, 0.3) is 11.1 Å². The number of phenols is 1. The van der Waals surface area contributed by atoms with Gasteiger partial charge in [-0.3, -0.25) is 14.3 Å². The lowest BCUT2D eigenvalue weighted by molar-refractivity contribution is -0.141. The van der Waals surface area contributed by atoms with E-state index in [2.05, 4.69) is 0 Å². The monoisotopic (exact) mass is 660 g/mol. The van der Waals surface area contributed by atoms with Crippen LogP contribution in [0.15, 0.2) is 48.5 Å². The first-order chi connectivity index (χ1) is 21.4. The van der Waals surface area contributed by atoms with Crippen LogP contribution >= 0.6 is 7.37 Å². The van der Waals surface area contributed by atoms with E-state index in [0.29, 0.717) is 13.1 Å². The molecular weight excluding hydrogens is 611 g/mol. The summed E-state index contributed by atoms with van der Waals surface area (Å²) in [6.45, 7) is 12.6. The summed E-state index contributed by atoms with van der Waals surface area (Å²) in [5.74, 6) is -1.09. The molecule has 1 heterocycles. The molecule has 0 spiro atoms. The summed E-state index contributed by atoms with van der Waals surface area (Å²) in [6, 6.07) is 14.7.